The van der Waals surface area contributed by atoms with Gasteiger partial charge in [0, 0.05) is 49.2 Å². The lowest BCUT2D eigenvalue weighted by Crippen LogP contribution is -2.36. The molecule has 1 N–H and O–H groups in total. The second-order valence-corrected chi connectivity index (χ2v) is 8.28. The molecule has 3 heterocycles. The maximum Gasteiger partial charge on any atom is 0.220 e. The molecule has 2 atom stereocenters. The maximum absolute atomic E-state index is 11.6. The molecule has 3 aromatic rings. The summed E-state index contributed by atoms with van der Waals surface area (Å²) in [5.74, 6) is 1.08. The molecule has 0 unspecified atom stereocenters. The van der Waals surface area contributed by atoms with Crippen LogP contribution in [0, 0.1) is 5.92 Å². The molecule has 2 aliphatic rings. The summed E-state index contributed by atoms with van der Waals surface area (Å²) in [6.45, 7) is 6.11. The van der Waals surface area contributed by atoms with Crippen LogP contribution in [0.2, 0.25) is 0 Å². The van der Waals surface area contributed by atoms with Gasteiger partial charge in [0.15, 0.2) is 0 Å². The molecule has 2 fully saturated rings. The molecule has 0 spiro atoms. The van der Waals surface area contributed by atoms with Crippen LogP contribution < -0.4 is 15.0 Å². The van der Waals surface area contributed by atoms with E-state index in [-0.39, 0.29) is 17.9 Å². The lowest BCUT2D eigenvalue weighted by molar-refractivity contribution is -0.119. The molecular weight excluding hydrogens is 390 g/mol. The molecule has 0 bridgehead atoms. The van der Waals surface area contributed by atoms with E-state index in [9.17, 15) is 4.79 Å². The van der Waals surface area contributed by atoms with E-state index in [0.29, 0.717) is 13.0 Å². The largest absolute Gasteiger partial charge is 0.490 e. The minimum Gasteiger partial charge on any atom is -0.490 e. The summed E-state index contributed by atoms with van der Waals surface area (Å²) in [4.78, 5) is 18.5. The lowest BCUT2D eigenvalue weighted by Gasteiger charge is -2.29. The van der Waals surface area contributed by atoms with Crippen molar-refractivity contribution in [2.75, 3.05) is 37.7 Å². The summed E-state index contributed by atoms with van der Waals surface area (Å²) in [5.41, 5.74) is 4.32. The number of pyridine rings is 1. The Morgan fingerprint density at radius 1 is 1.13 bits per heavy atom. The van der Waals surface area contributed by atoms with E-state index in [1.807, 2.05) is 19.1 Å². The number of fused-ring (bicyclic) bond motifs is 1. The summed E-state index contributed by atoms with van der Waals surface area (Å²) in [5, 5.41) is 3.89. The number of hydrogen-bond donors (Lipinski definition) is 1. The highest BCUT2D eigenvalue weighted by atomic mass is 16.5. The van der Waals surface area contributed by atoms with E-state index in [2.05, 4.69) is 51.6 Å². The molecule has 0 radical (unpaired) electrons. The van der Waals surface area contributed by atoms with Crippen molar-refractivity contribution < 1.29 is 14.3 Å². The molecule has 2 saturated heterocycles. The predicted octanol–water partition coefficient (Wildman–Crippen LogP) is 3.64. The fourth-order valence-corrected chi connectivity index (χ4v) is 4.36. The second kappa shape index (κ2) is 8.55. The summed E-state index contributed by atoms with van der Waals surface area (Å²) in [7, 11) is 0. The minimum atomic E-state index is -0.0682. The third kappa shape index (κ3) is 4.21. The first-order valence-corrected chi connectivity index (χ1v) is 10.9. The average Bonchev–Trinajstić information content (AvgIpc) is 3.26. The Morgan fingerprint density at radius 2 is 1.94 bits per heavy atom. The highest BCUT2D eigenvalue weighted by Gasteiger charge is 2.28. The van der Waals surface area contributed by atoms with Gasteiger partial charge in [0.1, 0.15) is 11.9 Å². The number of benzene rings is 2. The van der Waals surface area contributed by atoms with Gasteiger partial charge in [0.25, 0.3) is 0 Å². The molecule has 160 valence electrons. The van der Waals surface area contributed by atoms with Crippen LogP contribution in [-0.4, -0.2) is 49.8 Å². The Balaban J connectivity index is 1.44. The number of morpholine rings is 1. The van der Waals surface area contributed by atoms with E-state index in [0.717, 1.165) is 54.1 Å². The lowest BCUT2D eigenvalue weighted by atomic mass is 10.0. The van der Waals surface area contributed by atoms with Crippen molar-refractivity contribution in [2.24, 2.45) is 5.92 Å². The van der Waals surface area contributed by atoms with Crippen LogP contribution in [0.15, 0.2) is 54.7 Å². The third-order valence-corrected chi connectivity index (χ3v) is 6.25. The van der Waals surface area contributed by atoms with Crippen LogP contribution in [0.25, 0.3) is 22.0 Å². The van der Waals surface area contributed by atoms with Crippen LogP contribution in [0.5, 0.6) is 5.75 Å². The SMILES string of the molecule is C[C@@H](Oc1cc(-c2ccc(N3CCOCC3)cc2)cc2ncccc12)[C@@H]1CNC(=O)C1. The van der Waals surface area contributed by atoms with E-state index in [4.69, 9.17) is 9.47 Å². The summed E-state index contributed by atoms with van der Waals surface area (Å²) in [6, 6.07) is 16.8. The molecule has 6 nitrogen and oxygen atoms in total. The standard InChI is InChI=1S/C25H27N3O3/c1-17(20-15-25(29)27-16-20)31-24-14-19(13-23-22(24)3-2-8-26-23)18-4-6-21(7-5-18)28-9-11-30-12-10-28/h2-8,13-14,17,20H,9-12,15-16H2,1H3,(H,27,29)/t17-,20+/m1/s1. The number of amides is 1. The second-order valence-electron chi connectivity index (χ2n) is 8.28. The molecule has 2 aliphatic heterocycles. The van der Waals surface area contributed by atoms with Crippen molar-refractivity contribution in [1.82, 2.24) is 10.3 Å². The molecule has 1 aromatic heterocycles. The highest BCUT2D eigenvalue weighted by Crippen LogP contribution is 2.34. The van der Waals surface area contributed by atoms with Crippen LogP contribution >= 0.6 is 0 Å². The fourth-order valence-electron chi connectivity index (χ4n) is 4.36. The number of nitrogens with zero attached hydrogens (tertiary/aromatic N) is 2. The predicted molar refractivity (Wildman–Crippen MR) is 121 cm³/mol. The zero-order chi connectivity index (χ0) is 21.2. The number of carbonyl (C=O) groups excluding carboxylic acids is 1. The molecule has 5 rings (SSSR count). The van der Waals surface area contributed by atoms with Gasteiger partial charge in [-0.1, -0.05) is 12.1 Å². The summed E-state index contributed by atoms with van der Waals surface area (Å²) in [6.07, 6.45) is 2.25. The molecule has 0 saturated carbocycles. The Kier molecular flexibility index (Phi) is 5.47. The van der Waals surface area contributed by atoms with E-state index < -0.39 is 0 Å². The van der Waals surface area contributed by atoms with Crippen molar-refractivity contribution in [3.05, 3.63) is 54.7 Å². The zero-order valence-corrected chi connectivity index (χ0v) is 17.7. The van der Waals surface area contributed by atoms with Crippen molar-refractivity contribution in [2.45, 2.75) is 19.4 Å². The molecule has 31 heavy (non-hydrogen) atoms. The number of rotatable bonds is 5. The van der Waals surface area contributed by atoms with Gasteiger partial charge in [-0.25, -0.2) is 0 Å². The van der Waals surface area contributed by atoms with Gasteiger partial charge in [-0.2, -0.15) is 0 Å². The van der Waals surface area contributed by atoms with Crippen LogP contribution in [0.1, 0.15) is 13.3 Å². The van der Waals surface area contributed by atoms with Crippen molar-refractivity contribution in [1.29, 1.82) is 0 Å². The van der Waals surface area contributed by atoms with Gasteiger partial charge >= 0.3 is 0 Å². The Hall–Kier alpha value is -3.12. The Morgan fingerprint density at radius 3 is 2.68 bits per heavy atom. The van der Waals surface area contributed by atoms with Crippen molar-refractivity contribution in [3.63, 3.8) is 0 Å². The number of carbonyl (C=O) groups is 1. The van der Waals surface area contributed by atoms with Gasteiger partial charge in [-0.3, -0.25) is 9.78 Å². The van der Waals surface area contributed by atoms with E-state index >= 15 is 0 Å². The molecule has 1 amide bonds. The summed E-state index contributed by atoms with van der Waals surface area (Å²) >= 11 is 0. The first-order chi connectivity index (χ1) is 15.2. The maximum atomic E-state index is 11.6. The minimum absolute atomic E-state index is 0.0682. The van der Waals surface area contributed by atoms with Gasteiger partial charge in [0.05, 0.1) is 18.7 Å². The van der Waals surface area contributed by atoms with Gasteiger partial charge < -0.3 is 19.7 Å². The molecule has 0 aliphatic carbocycles. The highest BCUT2D eigenvalue weighted by molar-refractivity contribution is 5.90. The average molecular weight is 418 g/mol. The van der Waals surface area contributed by atoms with Crippen molar-refractivity contribution >= 4 is 22.5 Å². The monoisotopic (exact) mass is 417 g/mol. The quantitative estimate of drug-likeness (QED) is 0.687. The first-order valence-electron chi connectivity index (χ1n) is 10.9. The smallest absolute Gasteiger partial charge is 0.220 e. The van der Waals surface area contributed by atoms with Crippen LogP contribution in [0.3, 0.4) is 0 Å². The molecule has 6 heteroatoms. The number of nitrogens with one attached hydrogen (secondary N) is 1. The van der Waals surface area contributed by atoms with Gasteiger partial charge in [-0.05, 0) is 54.4 Å². The Labute approximate surface area is 182 Å². The summed E-state index contributed by atoms with van der Waals surface area (Å²) < 4.78 is 11.8. The first kappa shape index (κ1) is 19.8. The number of hydrogen-bond acceptors (Lipinski definition) is 5. The van der Waals surface area contributed by atoms with E-state index in [1.54, 1.807) is 6.20 Å². The fraction of sp³-hybridized carbons (Fsp3) is 0.360. The number of ether oxygens (including phenoxy) is 2. The van der Waals surface area contributed by atoms with Gasteiger partial charge in [0.2, 0.25) is 5.91 Å². The number of anilines is 1. The van der Waals surface area contributed by atoms with Crippen LogP contribution in [-0.2, 0) is 9.53 Å². The Bertz CT molecular complexity index is 1080. The topological polar surface area (TPSA) is 63.7 Å². The van der Waals surface area contributed by atoms with Crippen LogP contribution in [0.4, 0.5) is 5.69 Å². The van der Waals surface area contributed by atoms with Crippen molar-refractivity contribution in [3.8, 4) is 16.9 Å². The molecule has 2 aromatic carbocycles. The molecular formula is C25H27N3O3. The number of aromatic nitrogens is 1. The van der Waals surface area contributed by atoms with Gasteiger partial charge in [-0.15, -0.1) is 0 Å². The zero-order valence-electron chi connectivity index (χ0n) is 17.7. The van der Waals surface area contributed by atoms with E-state index in [1.165, 1.54) is 5.69 Å². The third-order valence-electron chi connectivity index (χ3n) is 6.25. The normalized spacial score (nSPS) is 20.0.